The summed E-state index contributed by atoms with van der Waals surface area (Å²) < 4.78 is 0. The zero-order valence-electron chi connectivity index (χ0n) is 12.5. The van der Waals surface area contributed by atoms with E-state index in [1.165, 1.54) is 0 Å². The molecule has 1 saturated heterocycles. The molecule has 0 atom stereocenters. The van der Waals surface area contributed by atoms with Crippen molar-refractivity contribution in [2.75, 3.05) is 38.0 Å². The number of hydrogen-bond donors (Lipinski definition) is 1. The van der Waals surface area contributed by atoms with Crippen molar-refractivity contribution in [2.45, 2.75) is 20.3 Å². The first kappa shape index (κ1) is 15.2. The van der Waals surface area contributed by atoms with Crippen molar-refractivity contribution >= 4 is 17.6 Å². The van der Waals surface area contributed by atoms with E-state index in [1.807, 2.05) is 0 Å². The predicted octanol–water partition coefficient (Wildman–Crippen LogP) is 0.603. The highest BCUT2D eigenvalue weighted by molar-refractivity contribution is 5.92. The average molecular weight is 291 g/mol. The largest absolute Gasteiger partial charge is 0.369 e. The van der Waals surface area contributed by atoms with Gasteiger partial charge in [-0.25, -0.2) is 0 Å². The van der Waals surface area contributed by atoms with Gasteiger partial charge in [0, 0.05) is 39.6 Å². The Morgan fingerprint density at radius 3 is 2.33 bits per heavy atom. The molecule has 1 aliphatic heterocycles. The Morgan fingerprint density at radius 1 is 1.14 bits per heavy atom. The van der Waals surface area contributed by atoms with Gasteiger partial charge in [-0.05, 0) is 18.6 Å². The fourth-order valence-corrected chi connectivity index (χ4v) is 2.18. The number of aromatic nitrogens is 2. The molecule has 1 fully saturated rings. The number of amides is 2. The van der Waals surface area contributed by atoms with E-state index >= 15 is 0 Å². The summed E-state index contributed by atoms with van der Waals surface area (Å²) in [6.45, 7) is 6.67. The minimum absolute atomic E-state index is 0.0493. The molecule has 0 radical (unpaired) electrons. The van der Waals surface area contributed by atoms with Crippen molar-refractivity contribution in [1.29, 1.82) is 0 Å². The van der Waals surface area contributed by atoms with E-state index < -0.39 is 0 Å². The lowest BCUT2D eigenvalue weighted by molar-refractivity contribution is -0.130. The monoisotopic (exact) mass is 291 g/mol. The summed E-state index contributed by atoms with van der Waals surface area (Å²) in [5.74, 6) is 0.593. The van der Waals surface area contributed by atoms with E-state index in [9.17, 15) is 9.59 Å². The molecule has 21 heavy (non-hydrogen) atoms. The summed E-state index contributed by atoms with van der Waals surface area (Å²) in [6, 6.07) is 3.45. The fraction of sp³-hybridized carbons (Fsp3) is 0.571. The van der Waals surface area contributed by atoms with Gasteiger partial charge in [0.05, 0.1) is 0 Å². The zero-order valence-corrected chi connectivity index (χ0v) is 12.5. The number of hydrogen-bond acceptors (Lipinski definition) is 5. The molecule has 0 spiro atoms. The quantitative estimate of drug-likeness (QED) is 0.879. The van der Waals surface area contributed by atoms with Crippen LogP contribution in [-0.4, -0.2) is 64.5 Å². The molecule has 0 aliphatic carbocycles. The number of piperazine rings is 1. The molecular formula is C14H21N5O2. The third kappa shape index (κ3) is 3.90. The minimum atomic E-state index is -0.132. The maximum atomic E-state index is 12.3. The Bertz CT molecular complexity index is 495. The lowest BCUT2D eigenvalue weighted by Gasteiger charge is -2.33. The Kier molecular flexibility index (Phi) is 5.08. The van der Waals surface area contributed by atoms with Crippen molar-refractivity contribution in [3.63, 3.8) is 0 Å². The summed E-state index contributed by atoms with van der Waals surface area (Å²) in [6.07, 6.45) is 1.00. The summed E-state index contributed by atoms with van der Waals surface area (Å²) in [5, 5.41) is 11.1. The molecule has 114 valence electrons. The molecule has 0 aromatic carbocycles. The van der Waals surface area contributed by atoms with E-state index in [2.05, 4.69) is 22.4 Å². The van der Waals surface area contributed by atoms with Crippen LogP contribution in [0.25, 0.3) is 0 Å². The standard InChI is InChI=1S/C14H21N5O2/c1-3-6-15-13-5-4-12(16-17-13)14(21)19-9-7-18(8-10-19)11(2)20/h4-5H,3,6-10H2,1-2H3,(H,15,17). The number of anilines is 1. The highest BCUT2D eigenvalue weighted by Crippen LogP contribution is 2.08. The second-order valence-electron chi connectivity index (χ2n) is 5.03. The lowest BCUT2D eigenvalue weighted by atomic mass is 10.2. The van der Waals surface area contributed by atoms with Gasteiger partial charge in [0.2, 0.25) is 5.91 Å². The van der Waals surface area contributed by atoms with Crippen LogP contribution >= 0.6 is 0 Å². The second kappa shape index (κ2) is 7.01. The van der Waals surface area contributed by atoms with Gasteiger partial charge >= 0.3 is 0 Å². The highest BCUT2D eigenvalue weighted by Gasteiger charge is 2.24. The van der Waals surface area contributed by atoms with Crippen LogP contribution in [0.2, 0.25) is 0 Å². The van der Waals surface area contributed by atoms with E-state index in [0.29, 0.717) is 37.7 Å². The minimum Gasteiger partial charge on any atom is -0.369 e. The first-order chi connectivity index (χ1) is 10.1. The first-order valence-electron chi connectivity index (χ1n) is 7.24. The topological polar surface area (TPSA) is 78.4 Å². The molecule has 1 aromatic rings. The van der Waals surface area contributed by atoms with Gasteiger partial charge in [0.1, 0.15) is 5.82 Å². The molecule has 2 heterocycles. The van der Waals surface area contributed by atoms with Crippen LogP contribution in [0.15, 0.2) is 12.1 Å². The molecular weight excluding hydrogens is 270 g/mol. The molecule has 1 N–H and O–H groups in total. The normalized spacial score (nSPS) is 15.0. The smallest absolute Gasteiger partial charge is 0.274 e. The Hall–Kier alpha value is -2.18. The number of nitrogens with zero attached hydrogens (tertiary/aromatic N) is 4. The van der Waals surface area contributed by atoms with Crippen LogP contribution in [-0.2, 0) is 4.79 Å². The van der Waals surface area contributed by atoms with Gasteiger partial charge in [-0.1, -0.05) is 6.92 Å². The average Bonchev–Trinajstić information content (AvgIpc) is 2.53. The van der Waals surface area contributed by atoms with Gasteiger partial charge in [0.25, 0.3) is 5.91 Å². The van der Waals surface area contributed by atoms with Crippen LogP contribution in [0.5, 0.6) is 0 Å². The summed E-state index contributed by atoms with van der Waals surface area (Å²) in [5.41, 5.74) is 0.341. The lowest BCUT2D eigenvalue weighted by Crippen LogP contribution is -2.50. The van der Waals surface area contributed by atoms with Gasteiger partial charge in [0.15, 0.2) is 5.69 Å². The van der Waals surface area contributed by atoms with Crippen LogP contribution in [0.1, 0.15) is 30.8 Å². The molecule has 2 amide bonds. The first-order valence-corrected chi connectivity index (χ1v) is 7.24. The third-order valence-electron chi connectivity index (χ3n) is 3.45. The fourth-order valence-electron chi connectivity index (χ4n) is 2.18. The van der Waals surface area contributed by atoms with Crippen LogP contribution in [0.3, 0.4) is 0 Å². The van der Waals surface area contributed by atoms with E-state index in [0.717, 1.165) is 13.0 Å². The van der Waals surface area contributed by atoms with E-state index in [-0.39, 0.29) is 11.8 Å². The number of carbonyl (C=O) groups excluding carboxylic acids is 2. The molecule has 2 rings (SSSR count). The van der Waals surface area contributed by atoms with Gasteiger partial charge in [-0.2, -0.15) is 0 Å². The second-order valence-corrected chi connectivity index (χ2v) is 5.03. The maximum Gasteiger partial charge on any atom is 0.274 e. The maximum absolute atomic E-state index is 12.3. The molecule has 1 aliphatic rings. The van der Waals surface area contributed by atoms with Crippen LogP contribution < -0.4 is 5.32 Å². The number of carbonyl (C=O) groups is 2. The SMILES string of the molecule is CCCNc1ccc(C(=O)N2CCN(C(C)=O)CC2)nn1. The van der Waals surface area contributed by atoms with Gasteiger partial charge in [-0.3, -0.25) is 9.59 Å². The molecule has 0 bridgehead atoms. The molecule has 1 aromatic heterocycles. The van der Waals surface area contributed by atoms with Crippen molar-refractivity contribution < 1.29 is 9.59 Å². The van der Waals surface area contributed by atoms with E-state index in [4.69, 9.17) is 0 Å². The Morgan fingerprint density at radius 2 is 1.81 bits per heavy atom. The number of rotatable bonds is 4. The molecule has 7 nitrogen and oxygen atoms in total. The number of nitrogens with one attached hydrogen (secondary N) is 1. The van der Waals surface area contributed by atoms with Crippen LogP contribution in [0.4, 0.5) is 5.82 Å². The zero-order chi connectivity index (χ0) is 15.2. The van der Waals surface area contributed by atoms with Gasteiger partial charge < -0.3 is 15.1 Å². The summed E-state index contributed by atoms with van der Waals surface area (Å²) >= 11 is 0. The van der Waals surface area contributed by atoms with Gasteiger partial charge in [-0.15, -0.1) is 10.2 Å². The summed E-state index contributed by atoms with van der Waals surface area (Å²) in [7, 11) is 0. The van der Waals surface area contributed by atoms with Crippen molar-refractivity contribution in [1.82, 2.24) is 20.0 Å². The van der Waals surface area contributed by atoms with Crippen molar-refractivity contribution in [3.8, 4) is 0 Å². The Labute approximate surface area is 124 Å². The molecule has 7 heteroatoms. The molecule has 0 unspecified atom stereocenters. The Balaban J connectivity index is 1.93. The van der Waals surface area contributed by atoms with Crippen molar-refractivity contribution in [3.05, 3.63) is 17.8 Å². The predicted molar refractivity (Wildman–Crippen MR) is 79.0 cm³/mol. The third-order valence-corrected chi connectivity index (χ3v) is 3.45. The molecule has 0 saturated carbocycles. The van der Waals surface area contributed by atoms with Crippen molar-refractivity contribution in [2.24, 2.45) is 0 Å². The summed E-state index contributed by atoms with van der Waals surface area (Å²) in [4.78, 5) is 27.0. The highest BCUT2D eigenvalue weighted by atomic mass is 16.2. The van der Waals surface area contributed by atoms with E-state index in [1.54, 1.807) is 28.9 Å². The van der Waals surface area contributed by atoms with Crippen LogP contribution in [0, 0.1) is 0 Å².